The molecule has 0 saturated carbocycles. The molecule has 8 heteroatoms. The maximum absolute atomic E-state index is 14.4. The highest BCUT2D eigenvalue weighted by molar-refractivity contribution is 9.10. The number of rotatable bonds is 3. The van der Waals surface area contributed by atoms with Gasteiger partial charge in [-0.2, -0.15) is 0 Å². The minimum atomic E-state index is -2.87. The molecule has 1 unspecified atom stereocenters. The van der Waals surface area contributed by atoms with E-state index in [9.17, 15) is 13.2 Å². The average molecular weight is 425 g/mol. The van der Waals surface area contributed by atoms with E-state index in [4.69, 9.17) is 0 Å². The molecule has 0 N–H and O–H groups in total. The molecule has 136 valence electrons. The van der Waals surface area contributed by atoms with Crippen molar-refractivity contribution in [1.29, 1.82) is 0 Å². The molecule has 2 aromatic heterocycles. The Morgan fingerprint density at radius 3 is 2.62 bits per heavy atom. The quantitative estimate of drug-likeness (QED) is 0.567. The fourth-order valence-corrected chi connectivity index (χ4v) is 3.07. The van der Waals surface area contributed by atoms with Crippen LogP contribution in [-0.2, 0) is 7.05 Å². The van der Waals surface area contributed by atoms with Crippen LogP contribution in [0.1, 0.15) is 36.3 Å². The number of nitrogens with zero attached hydrogens (tertiary/aromatic N) is 4. The summed E-state index contributed by atoms with van der Waals surface area (Å²) in [4.78, 5) is 13.2. The highest BCUT2D eigenvalue weighted by atomic mass is 79.9. The van der Waals surface area contributed by atoms with Gasteiger partial charge >= 0.3 is 0 Å². The number of benzene rings is 1. The molecule has 0 fully saturated rings. The Kier molecular flexibility index (Phi) is 5.13. The molecule has 0 aliphatic rings. The summed E-state index contributed by atoms with van der Waals surface area (Å²) in [6.07, 6.45) is -1.18. The minimum Gasteiger partial charge on any atom is -0.331 e. The average Bonchev–Trinajstić information content (AvgIpc) is 2.59. The molecule has 3 aromatic rings. The molecule has 26 heavy (non-hydrogen) atoms. The largest absolute Gasteiger partial charge is 0.331 e. The Labute approximate surface area is 156 Å². The normalized spacial score (nSPS) is 13.6. The zero-order chi connectivity index (χ0) is 19.0. The third-order valence-corrected chi connectivity index (χ3v) is 4.70. The Bertz CT molecular complexity index is 1050. The first-order valence-electron chi connectivity index (χ1n) is 7.88. The van der Waals surface area contributed by atoms with Gasteiger partial charge in [-0.3, -0.25) is 4.99 Å². The summed E-state index contributed by atoms with van der Waals surface area (Å²) in [5.74, 6) is -0.224. The van der Waals surface area contributed by atoms with Crippen molar-refractivity contribution in [2.75, 3.05) is 0 Å². The van der Waals surface area contributed by atoms with Gasteiger partial charge in [0.05, 0.1) is 23.3 Å². The molecule has 1 atom stereocenters. The van der Waals surface area contributed by atoms with Gasteiger partial charge in [-0.15, -0.1) is 0 Å². The second kappa shape index (κ2) is 7.19. The van der Waals surface area contributed by atoms with Crippen LogP contribution < -0.4 is 5.49 Å². The number of hydrogen-bond donors (Lipinski definition) is 0. The maximum Gasteiger partial charge on any atom is 0.266 e. The molecule has 0 spiro atoms. The fourth-order valence-electron chi connectivity index (χ4n) is 2.74. The van der Waals surface area contributed by atoms with Crippen LogP contribution in [0.5, 0.6) is 0 Å². The first-order chi connectivity index (χ1) is 12.3. The highest BCUT2D eigenvalue weighted by Crippen LogP contribution is 2.28. The third-order valence-electron chi connectivity index (χ3n) is 4.26. The van der Waals surface area contributed by atoms with Crippen molar-refractivity contribution in [2.24, 2.45) is 12.0 Å². The van der Waals surface area contributed by atoms with Crippen LogP contribution in [0.3, 0.4) is 0 Å². The van der Waals surface area contributed by atoms with Gasteiger partial charge in [0.25, 0.3) is 6.43 Å². The van der Waals surface area contributed by atoms with E-state index in [1.165, 1.54) is 12.1 Å². The zero-order valence-corrected chi connectivity index (χ0v) is 15.9. The van der Waals surface area contributed by atoms with E-state index in [0.29, 0.717) is 15.9 Å². The first-order valence-corrected chi connectivity index (χ1v) is 8.68. The summed E-state index contributed by atoms with van der Waals surface area (Å²) in [5.41, 5.74) is 0.711. The first kappa shape index (κ1) is 18.6. The van der Waals surface area contributed by atoms with E-state index in [0.717, 1.165) is 17.0 Å². The summed E-state index contributed by atoms with van der Waals surface area (Å²) in [7, 11) is 1.86. The molecule has 0 amide bonds. The number of aromatic nitrogens is 3. The number of aryl methyl sites for hydroxylation is 2. The van der Waals surface area contributed by atoms with Crippen LogP contribution in [0.25, 0.3) is 10.9 Å². The Hall–Kier alpha value is -2.22. The summed E-state index contributed by atoms with van der Waals surface area (Å²) in [6.45, 7) is 3.48. The summed E-state index contributed by atoms with van der Waals surface area (Å²) in [6, 6.07) is 5.06. The molecule has 3 rings (SSSR count). The molecular formula is C18H16BrF3N4. The van der Waals surface area contributed by atoms with Crippen molar-refractivity contribution in [1.82, 2.24) is 14.5 Å². The molecule has 0 aliphatic carbocycles. The number of fused-ring (bicyclic) bond motifs is 1. The van der Waals surface area contributed by atoms with Crippen LogP contribution >= 0.6 is 15.9 Å². The van der Waals surface area contributed by atoms with E-state index in [1.54, 1.807) is 19.2 Å². The number of pyridine rings is 1. The van der Waals surface area contributed by atoms with Crippen LogP contribution in [-0.4, -0.2) is 14.5 Å². The smallest absolute Gasteiger partial charge is 0.266 e. The molecule has 1 aromatic carbocycles. The molecule has 0 radical (unpaired) electrons. The number of hydrogen-bond acceptors (Lipinski definition) is 3. The van der Waals surface area contributed by atoms with Gasteiger partial charge in [-0.25, -0.2) is 23.1 Å². The van der Waals surface area contributed by atoms with Crippen molar-refractivity contribution in [2.45, 2.75) is 26.3 Å². The minimum absolute atomic E-state index is 0.108. The highest BCUT2D eigenvalue weighted by Gasteiger charge is 2.19. The molecular weight excluding hydrogens is 409 g/mol. The van der Waals surface area contributed by atoms with E-state index < -0.39 is 23.8 Å². The molecule has 4 nitrogen and oxygen atoms in total. The van der Waals surface area contributed by atoms with Crippen molar-refractivity contribution in [3.8, 4) is 0 Å². The molecule has 2 heterocycles. The zero-order valence-electron chi connectivity index (χ0n) is 14.3. The molecule has 0 aliphatic heterocycles. The van der Waals surface area contributed by atoms with Crippen LogP contribution in [0.4, 0.5) is 13.2 Å². The summed E-state index contributed by atoms with van der Waals surface area (Å²) >= 11 is 3.32. The van der Waals surface area contributed by atoms with Crippen molar-refractivity contribution in [3.05, 3.63) is 63.3 Å². The van der Waals surface area contributed by atoms with Crippen LogP contribution in [0, 0.1) is 12.7 Å². The predicted molar refractivity (Wildman–Crippen MR) is 96.3 cm³/mol. The summed E-state index contributed by atoms with van der Waals surface area (Å²) in [5, 5.41) is 0.734. The second-order valence-corrected chi connectivity index (χ2v) is 6.73. The fraction of sp³-hybridized carbons (Fsp3) is 0.278. The lowest BCUT2D eigenvalue weighted by Gasteiger charge is -2.13. The van der Waals surface area contributed by atoms with E-state index in [2.05, 4.69) is 30.9 Å². The van der Waals surface area contributed by atoms with Gasteiger partial charge in [-0.1, -0.05) is 18.2 Å². The predicted octanol–water partition coefficient (Wildman–Crippen LogP) is 4.78. The van der Waals surface area contributed by atoms with Gasteiger partial charge < -0.3 is 4.57 Å². The van der Waals surface area contributed by atoms with Gasteiger partial charge in [-0.05, 0) is 35.8 Å². The maximum atomic E-state index is 14.4. The number of alkyl halides is 2. The van der Waals surface area contributed by atoms with Crippen LogP contribution in [0.15, 0.2) is 40.1 Å². The van der Waals surface area contributed by atoms with E-state index in [1.807, 2.05) is 18.5 Å². The topological polar surface area (TPSA) is 43.1 Å². The van der Waals surface area contributed by atoms with Crippen molar-refractivity contribution >= 4 is 26.8 Å². The third kappa shape index (κ3) is 3.38. The lowest BCUT2D eigenvalue weighted by Crippen LogP contribution is -2.18. The van der Waals surface area contributed by atoms with E-state index in [-0.39, 0.29) is 5.56 Å². The Balaban J connectivity index is 2.21. The van der Waals surface area contributed by atoms with Gasteiger partial charge in [0, 0.05) is 18.0 Å². The number of halogens is 4. The van der Waals surface area contributed by atoms with Gasteiger partial charge in [0.2, 0.25) is 0 Å². The molecule has 0 saturated heterocycles. The summed E-state index contributed by atoms with van der Waals surface area (Å²) < 4.78 is 42.8. The van der Waals surface area contributed by atoms with Gasteiger partial charge in [0.1, 0.15) is 16.2 Å². The lowest BCUT2D eigenvalue weighted by molar-refractivity contribution is 0.146. The Morgan fingerprint density at radius 1 is 1.23 bits per heavy atom. The monoisotopic (exact) mass is 424 g/mol. The van der Waals surface area contributed by atoms with Crippen molar-refractivity contribution < 1.29 is 13.2 Å². The van der Waals surface area contributed by atoms with E-state index >= 15 is 0 Å². The van der Waals surface area contributed by atoms with Crippen LogP contribution in [0.2, 0.25) is 0 Å². The lowest BCUT2D eigenvalue weighted by atomic mass is 10.0. The standard InChI is InChI=1S/C18H16BrF3N4/c1-9(11-5-4-6-12(16(11)20)17(21)22)24-18-13-7-15(19)23-8-14(13)26(3)10(2)25-18/h4-9,17H,1-3H3/b24-18-. The second-order valence-electron chi connectivity index (χ2n) is 5.92. The van der Waals surface area contributed by atoms with Gasteiger partial charge in [0.15, 0.2) is 5.49 Å². The molecule has 0 bridgehead atoms. The SMILES string of the molecule is Cc1n/c(=N\C(C)c2cccc(C(F)F)c2F)c2cc(Br)ncc2n1C. The van der Waals surface area contributed by atoms with Crippen molar-refractivity contribution in [3.63, 3.8) is 0 Å². The Morgan fingerprint density at radius 2 is 1.92 bits per heavy atom.